The summed E-state index contributed by atoms with van der Waals surface area (Å²) in [5.41, 5.74) is 0.779. The summed E-state index contributed by atoms with van der Waals surface area (Å²) < 4.78 is 37.6. The monoisotopic (exact) mass is 241 g/mol. The molecule has 92 valence electrons. The molecular weight excluding hydrogens is 227 g/mol. The molecule has 0 bridgehead atoms. The van der Waals surface area contributed by atoms with Crippen molar-refractivity contribution in [2.24, 2.45) is 0 Å². The molecule has 0 atom stereocenters. The molecule has 0 saturated carbocycles. The highest BCUT2D eigenvalue weighted by molar-refractivity contribution is 5.81. The van der Waals surface area contributed by atoms with Gasteiger partial charge in [0, 0.05) is 10.9 Å². The number of rotatable bonds is 0. The first-order valence-electron chi connectivity index (χ1n) is 5.38. The molecular formula is C13H14F3N. The molecule has 0 unspecified atom stereocenters. The maximum Gasteiger partial charge on any atom is 0.431 e. The molecule has 2 aromatic rings. The van der Waals surface area contributed by atoms with Gasteiger partial charge in [-0.3, -0.25) is 0 Å². The van der Waals surface area contributed by atoms with Gasteiger partial charge in [-0.25, -0.2) is 0 Å². The van der Waals surface area contributed by atoms with E-state index in [1.165, 1.54) is 0 Å². The van der Waals surface area contributed by atoms with Gasteiger partial charge in [-0.05, 0) is 23.1 Å². The maximum absolute atomic E-state index is 12.5. The predicted octanol–water partition coefficient (Wildman–Crippen LogP) is 4.48. The van der Waals surface area contributed by atoms with Crippen LogP contribution in [-0.4, -0.2) is 4.98 Å². The van der Waals surface area contributed by atoms with E-state index in [-0.39, 0.29) is 5.41 Å². The van der Waals surface area contributed by atoms with Gasteiger partial charge >= 0.3 is 6.18 Å². The van der Waals surface area contributed by atoms with Crippen molar-refractivity contribution in [3.05, 3.63) is 35.5 Å². The Hall–Kier alpha value is -1.45. The lowest BCUT2D eigenvalue weighted by atomic mass is 9.87. The summed E-state index contributed by atoms with van der Waals surface area (Å²) in [6, 6.07) is 6.52. The quantitative estimate of drug-likeness (QED) is 0.699. The first-order chi connectivity index (χ1) is 7.68. The Morgan fingerprint density at radius 3 is 2.18 bits per heavy atom. The number of nitrogens with one attached hydrogen (secondary N) is 1. The van der Waals surface area contributed by atoms with E-state index in [1.54, 1.807) is 12.1 Å². The van der Waals surface area contributed by atoms with Crippen LogP contribution < -0.4 is 0 Å². The molecule has 1 aromatic heterocycles. The molecule has 1 heterocycles. The predicted molar refractivity (Wildman–Crippen MR) is 62.0 cm³/mol. The number of halogens is 3. The lowest BCUT2D eigenvalue weighted by Crippen LogP contribution is -2.10. The molecule has 17 heavy (non-hydrogen) atoms. The number of H-pyrrole nitrogens is 1. The van der Waals surface area contributed by atoms with Gasteiger partial charge in [-0.1, -0.05) is 32.9 Å². The minimum atomic E-state index is -4.32. The largest absolute Gasteiger partial charge is 0.431 e. The Morgan fingerprint density at radius 1 is 1.00 bits per heavy atom. The van der Waals surface area contributed by atoms with Crippen LogP contribution in [0, 0.1) is 0 Å². The summed E-state index contributed by atoms with van der Waals surface area (Å²) in [5.74, 6) is 0. The zero-order chi connectivity index (χ0) is 12.8. The summed E-state index contributed by atoms with van der Waals surface area (Å²) in [5, 5.41) is 0.588. The molecule has 4 heteroatoms. The first-order valence-corrected chi connectivity index (χ1v) is 5.38. The SMILES string of the molecule is CC(C)(C)c1ccc2cc(C(F)(F)F)[nH]c2c1. The van der Waals surface area contributed by atoms with E-state index in [9.17, 15) is 13.2 Å². The smallest absolute Gasteiger partial charge is 0.351 e. The number of hydrogen-bond donors (Lipinski definition) is 1. The highest BCUT2D eigenvalue weighted by Crippen LogP contribution is 2.32. The topological polar surface area (TPSA) is 15.8 Å². The van der Waals surface area contributed by atoms with Crippen molar-refractivity contribution in [1.29, 1.82) is 0 Å². The van der Waals surface area contributed by atoms with E-state index < -0.39 is 11.9 Å². The van der Waals surface area contributed by atoms with Crippen molar-refractivity contribution in [2.45, 2.75) is 32.4 Å². The number of alkyl halides is 3. The minimum absolute atomic E-state index is 0.0717. The van der Waals surface area contributed by atoms with Crippen LogP contribution in [0.1, 0.15) is 32.0 Å². The summed E-state index contributed by atoms with van der Waals surface area (Å²) in [6.07, 6.45) is -4.32. The van der Waals surface area contributed by atoms with Crippen molar-refractivity contribution in [2.75, 3.05) is 0 Å². The van der Waals surface area contributed by atoms with E-state index in [1.807, 2.05) is 26.8 Å². The van der Waals surface area contributed by atoms with Crippen LogP contribution in [0.5, 0.6) is 0 Å². The van der Waals surface area contributed by atoms with E-state index in [2.05, 4.69) is 4.98 Å². The highest BCUT2D eigenvalue weighted by atomic mass is 19.4. The van der Waals surface area contributed by atoms with Crippen molar-refractivity contribution >= 4 is 10.9 Å². The molecule has 0 saturated heterocycles. The summed E-state index contributed by atoms with van der Waals surface area (Å²) in [4.78, 5) is 2.42. The molecule has 0 fully saturated rings. The van der Waals surface area contributed by atoms with Gasteiger partial charge in [0.05, 0.1) is 0 Å². The summed E-state index contributed by atoms with van der Waals surface area (Å²) >= 11 is 0. The van der Waals surface area contributed by atoms with Gasteiger partial charge in [0.1, 0.15) is 5.69 Å². The van der Waals surface area contributed by atoms with Crippen LogP contribution in [0.25, 0.3) is 10.9 Å². The van der Waals surface area contributed by atoms with Crippen LogP contribution in [0.2, 0.25) is 0 Å². The van der Waals surface area contributed by atoms with E-state index in [4.69, 9.17) is 0 Å². The fourth-order valence-corrected chi connectivity index (χ4v) is 1.75. The van der Waals surface area contributed by atoms with E-state index in [0.29, 0.717) is 10.9 Å². The molecule has 1 aromatic carbocycles. The Balaban J connectivity index is 2.56. The number of fused-ring (bicyclic) bond motifs is 1. The molecule has 2 rings (SSSR count). The number of benzene rings is 1. The second kappa shape index (κ2) is 3.52. The van der Waals surface area contributed by atoms with Gasteiger partial charge in [0.2, 0.25) is 0 Å². The van der Waals surface area contributed by atoms with Crippen molar-refractivity contribution in [3.63, 3.8) is 0 Å². The normalized spacial score (nSPS) is 13.3. The van der Waals surface area contributed by atoms with Crippen LogP contribution >= 0.6 is 0 Å². The van der Waals surface area contributed by atoms with Crippen LogP contribution in [0.4, 0.5) is 13.2 Å². The minimum Gasteiger partial charge on any atom is -0.351 e. The van der Waals surface area contributed by atoms with E-state index in [0.717, 1.165) is 11.6 Å². The molecule has 1 N–H and O–H groups in total. The van der Waals surface area contributed by atoms with Crippen molar-refractivity contribution in [1.82, 2.24) is 4.98 Å². The Bertz CT molecular complexity index is 532. The first kappa shape index (κ1) is 12.0. The lowest BCUT2D eigenvalue weighted by Gasteiger charge is -2.18. The number of aromatic amines is 1. The zero-order valence-electron chi connectivity index (χ0n) is 9.94. The Kier molecular flexibility index (Phi) is 2.49. The molecule has 0 aliphatic rings. The van der Waals surface area contributed by atoms with E-state index >= 15 is 0 Å². The lowest BCUT2D eigenvalue weighted by molar-refractivity contribution is -0.140. The van der Waals surface area contributed by atoms with Crippen LogP contribution in [0.3, 0.4) is 0 Å². The van der Waals surface area contributed by atoms with Crippen LogP contribution in [0.15, 0.2) is 24.3 Å². The van der Waals surface area contributed by atoms with Crippen LogP contribution in [-0.2, 0) is 11.6 Å². The average molecular weight is 241 g/mol. The zero-order valence-corrected chi connectivity index (χ0v) is 9.94. The Morgan fingerprint density at radius 2 is 1.65 bits per heavy atom. The third-order valence-corrected chi connectivity index (χ3v) is 2.79. The van der Waals surface area contributed by atoms with Gasteiger partial charge in [-0.2, -0.15) is 13.2 Å². The maximum atomic E-state index is 12.5. The molecule has 0 radical (unpaired) electrons. The van der Waals surface area contributed by atoms with Crippen molar-refractivity contribution < 1.29 is 13.2 Å². The second-order valence-corrected chi connectivity index (χ2v) is 5.23. The summed E-state index contributed by atoms with van der Waals surface area (Å²) in [6.45, 7) is 6.09. The highest BCUT2D eigenvalue weighted by Gasteiger charge is 2.32. The molecule has 0 spiro atoms. The van der Waals surface area contributed by atoms with Gasteiger partial charge in [0.15, 0.2) is 0 Å². The van der Waals surface area contributed by atoms with Crippen molar-refractivity contribution in [3.8, 4) is 0 Å². The van der Waals surface area contributed by atoms with Gasteiger partial charge in [0.25, 0.3) is 0 Å². The van der Waals surface area contributed by atoms with Gasteiger partial charge in [-0.15, -0.1) is 0 Å². The molecule has 0 amide bonds. The van der Waals surface area contributed by atoms with Gasteiger partial charge < -0.3 is 4.98 Å². The fourth-order valence-electron chi connectivity index (χ4n) is 1.75. The summed E-state index contributed by atoms with van der Waals surface area (Å²) in [7, 11) is 0. The molecule has 0 aliphatic carbocycles. The third kappa shape index (κ3) is 2.30. The standard InChI is InChI=1S/C13H14F3N/c1-12(2,3)9-5-4-8-6-11(13(14,15)16)17-10(8)7-9/h4-7,17H,1-3H3. The fraction of sp³-hybridized carbons (Fsp3) is 0.385. The molecule has 1 nitrogen and oxygen atoms in total. The number of aromatic nitrogens is 1. The average Bonchev–Trinajstić information content (AvgIpc) is 2.57. The third-order valence-electron chi connectivity index (χ3n) is 2.79. The molecule has 0 aliphatic heterocycles. The number of hydrogen-bond acceptors (Lipinski definition) is 0. The Labute approximate surface area is 97.6 Å². The second-order valence-electron chi connectivity index (χ2n) is 5.23.